The highest BCUT2D eigenvalue weighted by Crippen LogP contribution is 2.16. The van der Waals surface area contributed by atoms with Crippen LogP contribution in [0.15, 0.2) is 24.3 Å². The third-order valence-electron chi connectivity index (χ3n) is 4.07. The number of hydrogen-bond acceptors (Lipinski definition) is 4. The van der Waals surface area contributed by atoms with E-state index in [-0.39, 0.29) is 18.5 Å². The van der Waals surface area contributed by atoms with Gasteiger partial charge in [-0.3, -0.25) is 9.69 Å². The summed E-state index contributed by atoms with van der Waals surface area (Å²) in [5.74, 6) is 0.647. The van der Waals surface area contributed by atoms with Crippen molar-refractivity contribution in [2.75, 3.05) is 39.8 Å². The first-order chi connectivity index (χ1) is 11.0. The molecule has 0 N–H and O–H groups in total. The van der Waals surface area contributed by atoms with Gasteiger partial charge in [-0.05, 0) is 30.8 Å². The van der Waals surface area contributed by atoms with Crippen molar-refractivity contribution in [2.45, 2.75) is 20.4 Å². The monoisotopic (exact) mass is 319 g/mol. The topological polar surface area (TPSA) is 53.1 Å². The number of likely N-dealkylation sites (N-methyl/N-ethyl adjacent to an activating group) is 2. The summed E-state index contributed by atoms with van der Waals surface area (Å²) >= 11 is 0. The minimum atomic E-state index is -0.241. The summed E-state index contributed by atoms with van der Waals surface area (Å²) in [5.41, 5.74) is 0.915. The van der Waals surface area contributed by atoms with Gasteiger partial charge in [0, 0.05) is 13.6 Å². The van der Waals surface area contributed by atoms with Gasteiger partial charge in [0.1, 0.15) is 18.9 Å². The predicted molar refractivity (Wildman–Crippen MR) is 88.3 cm³/mol. The number of ether oxygens (including phenoxy) is 1. The van der Waals surface area contributed by atoms with Gasteiger partial charge in [-0.15, -0.1) is 0 Å². The Morgan fingerprint density at radius 1 is 1.13 bits per heavy atom. The number of urea groups is 1. The van der Waals surface area contributed by atoms with Crippen LogP contribution in [0, 0.1) is 0 Å². The van der Waals surface area contributed by atoms with Crippen LogP contribution in [0.4, 0.5) is 4.79 Å². The normalized spacial score (nSPS) is 15.0. The van der Waals surface area contributed by atoms with E-state index in [2.05, 4.69) is 18.7 Å². The number of rotatable bonds is 8. The second kappa shape index (κ2) is 7.97. The van der Waals surface area contributed by atoms with Crippen molar-refractivity contribution in [1.29, 1.82) is 0 Å². The summed E-state index contributed by atoms with van der Waals surface area (Å²) in [6.07, 6.45) is 0. The largest absolute Gasteiger partial charge is 0.492 e. The molecule has 0 unspecified atom stereocenters. The zero-order valence-electron chi connectivity index (χ0n) is 14.1. The number of carbonyl (C=O) groups excluding carboxylic acids is 2. The summed E-state index contributed by atoms with van der Waals surface area (Å²) in [5, 5.41) is 0. The first-order valence-corrected chi connectivity index (χ1v) is 8.04. The number of benzene rings is 1. The molecule has 23 heavy (non-hydrogen) atoms. The van der Waals surface area contributed by atoms with Crippen LogP contribution in [0.2, 0.25) is 0 Å². The maximum atomic E-state index is 11.9. The van der Waals surface area contributed by atoms with Crippen LogP contribution in [0.1, 0.15) is 19.4 Å². The summed E-state index contributed by atoms with van der Waals surface area (Å²) in [7, 11) is 1.63. The van der Waals surface area contributed by atoms with Crippen LogP contribution >= 0.6 is 0 Å². The van der Waals surface area contributed by atoms with E-state index in [0.29, 0.717) is 13.2 Å². The van der Waals surface area contributed by atoms with Gasteiger partial charge in [0.15, 0.2) is 0 Å². The third kappa shape index (κ3) is 4.45. The fraction of sp³-hybridized carbons (Fsp3) is 0.529. The molecule has 1 aromatic rings. The average molecular weight is 319 g/mol. The van der Waals surface area contributed by atoms with Crippen molar-refractivity contribution >= 4 is 11.9 Å². The molecule has 1 heterocycles. The van der Waals surface area contributed by atoms with Gasteiger partial charge < -0.3 is 14.5 Å². The van der Waals surface area contributed by atoms with Gasteiger partial charge >= 0.3 is 6.03 Å². The quantitative estimate of drug-likeness (QED) is 0.686. The maximum Gasteiger partial charge on any atom is 0.327 e. The van der Waals surface area contributed by atoms with E-state index in [1.165, 1.54) is 9.80 Å². The molecule has 1 aromatic carbocycles. The summed E-state index contributed by atoms with van der Waals surface area (Å²) in [6.45, 7) is 8.32. The number of imide groups is 1. The minimum Gasteiger partial charge on any atom is -0.492 e. The van der Waals surface area contributed by atoms with Gasteiger partial charge in [0.25, 0.3) is 5.91 Å². The third-order valence-corrected chi connectivity index (χ3v) is 4.07. The maximum absolute atomic E-state index is 11.9. The van der Waals surface area contributed by atoms with Crippen LogP contribution in [-0.2, 0) is 11.3 Å². The fourth-order valence-electron chi connectivity index (χ4n) is 2.53. The smallest absolute Gasteiger partial charge is 0.327 e. The fourth-order valence-corrected chi connectivity index (χ4v) is 2.53. The highest BCUT2D eigenvalue weighted by molar-refractivity contribution is 6.01. The first kappa shape index (κ1) is 17.3. The molecule has 1 aliphatic heterocycles. The Labute approximate surface area is 137 Å². The second-order valence-corrected chi connectivity index (χ2v) is 5.64. The molecular formula is C17H25N3O3. The SMILES string of the molecule is CCN(CC)CCOc1ccc(CN2C(=O)CN(C)C2=O)cc1. The van der Waals surface area contributed by atoms with E-state index in [9.17, 15) is 9.59 Å². The van der Waals surface area contributed by atoms with Crippen LogP contribution in [0.5, 0.6) is 5.75 Å². The molecule has 6 nitrogen and oxygen atoms in total. The molecule has 6 heteroatoms. The Hall–Kier alpha value is -2.08. The zero-order chi connectivity index (χ0) is 16.8. The minimum absolute atomic E-state index is 0.156. The van der Waals surface area contributed by atoms with E-state index < -0.39 is 0 Å². The van der Waals surface area contributed by atoms with Crippen LogP contribution in [-0.4, -0.2) is 66.5 Å². The molecule has 0 atom stereocenters. The number of hydrogen-bond donors (Lipinski definition) is 0. The van der Waals surface area contributed by atoms with Crippen molar-refractivity contribution in [1.82, 2.24) is 14.7 Å². The van der Waals surface area contributed by atoms with Crippen molar-refractivity contribution in [2.24, 2.45) is 0 Å². The van der Waals surface area contributed by atoms with Gasteiger partial charge in [-0.25, -0.2) is 4.79 Å². The first-order valence-electron chi connectivity index (χ1n) is 8.04. The molecule has 0 aliphatic carbocycles. The van der Waals surface area contributed by atoms with E-state index in [4.69, 9.17) is 4.74 Å². The lowest BCUT2D eigenvalue weighted by atomic mass is 10.2. The number of nitrogens with zero attached hydrogens (tertiary/aromatic N) is 3. The Morgan fingerprint density at radius 2 is 1.78 bits per heavy atom. The lowest BCUT2D eigenvalue weighted by Gasteiger charge is -2.18. The summed E-state index contributed by atoms with van der Waals surface area (Å²) in [6, 6.07) is 7.31. The molecule has 0 radical (unpaired) electrons. The van der Waals surface area contributed by atoms with Crippen LogP contribution < -0.4 is 4.74 Å². The molecule has 2 rings (SSSR count). The Bertz CT molecular complexity index is 541. The molecule has 0 saturated carbocycles. The molecule has 0 aromatic heterocycles. The molecule has 0 spiro atoms. The standard InChI is InChI=1S/C17H25N3O3/c1-4-19(5-2)10-11-23-15-8-6-14(7-9-15)12-20-16(21)13-18(3)17(20)22/h6-9H,4-5,10-13H2,1-3H3. The summed E-state index contributed by atoms with van der Waals surface area (Å²) in [4.78, 5) is 28.6. The number of amides is 3. The Balaban J connectivity index is 1.85. The van der Waals surface area contributed by atoms with Crippen molar-refractivity contribution in [3.63, 3.8) is 0 Å². The molecule has 1 aliphatic rings. The van der Waals surface area contributed by atoms with E-state index in [1.54, 1.807) is 7.05 Å². The lowest BCUT2D eigenvalue weighted by molar-refractivity contribution is -0.125. The van der Waals surface area contributed by atoms with Crippen molar-refractivity contribution in [3.8, 4) is 5.75 Å². The molecular weight excluding hydrogens is 294 g/mol. The van der Waals surface area contributed by atoms with Crippen LogP contribution in [0.3, 0.4) is 0 Å². The average Bonchev–Trinajstić information content (AvgIpc) is 2.79. The molecule has 1 fully saturated rings. The van der Waals surface area contributed by atoms with Crippen molar-refractivity contribution < 1.29 is 14.3 Å². The van der Waals surface area contributed by atoms with Gasteiger partial charge in [0.2, 0.25) is 0 Å². The van der Waals surface area contributed by atoms with E-state index in [1.807, 2.05) is 24.3 Å². The Kier molecular flexibility index (Phi) is 5.98. The molecule has 1 saturated heterocycles. The van der Waals surface area contributed by atoms with Gasteiger partial charge in [-0.2, -0.15) is 0 Å². The molecule has 3 amide bonds. The zero-order valence-corrected chi connectivity index (χ0v) is 14.1. The highest BCUT2D eigenvalue weighted by atomic mass is 16.5. The van der Waals surface area contributed by atoms with E-state index in [0.717, 1.165) is 30.9 Å². The van der Waals surface area contributed by atoms with Gasteiger partial charge in [-0.1, -0.05) is 26.0 Å². The molecule has 126 valence electrons. The Morgan fingerprint density at radius 3 is 2.30 bits per heavy atom. The van der Waals surface area contributed by atoms with Crippen molar-refractivity contribution in [3.05, 3.63) is 29.8 Å². The highest BCUT2D eigenvalue weighted by Gasteiger charge is 2.33. The second-order valence-electron chi connectivity index (χ2n) is 5.64. The molecule has 0 bridgehead atoms. The van der Waals surface area contributed by atoms with Crippen LogP contribution in [0.25, 0.3) is 0 Å². The lowest BCUT2D eigenvalue weighted by Crippen LogP contribution is -2.31. The number of carbonyl (C=O) groups is 2. The van der Waals surface area contributed by atoms with E-state index >= 15 is 0 Å². The predicted octanol–water partition coefficient (Wildman–Crippen LogP) is 1.80. The van der Waals surface area contributed by atoms with Gasteiger partial charge in [0.05, 0.1) is 6.54 Å². The summed E-state index contributed by atoms with van der Waals surface area (Å²) < 4.78 is 5.73.